The van der Waals surface area contributed by atoms with E-state index in [2.05, 4.69) is 47.3 Å². The molecule has 0 fully saturated rings. The fraction of sp³-hybridized carbons (Fsp3) is 1.00. The van der Waals surface area contributed by atoms with Crippen molar-refractivity contribution in [2.45, 2.75) is 54.4 Å². The second kappa shape index (κ2) is 17.2. The van der Waals surface area contributed by atoms with Crippen molar-refractivity contribution < 1.29 is 0 Å². The largest absolute Gasteiger partial charge is 0.333 e. The lowest BCUT2D eigenvalue weighted by Crippen LogP contribution is -1.81. The molecule has 12 heavy (non-hydrogen) atoms. The van der Waals surface area contributed by atoms with Crippen molar-refractivity contribution in [1.29, 1.82) is 0 Å². The third-order valence-electron chi connectivity index (χ3n) is 0.866. The van der Waals surface area contributed by atoms with Gasteiger partial charge >= 0.3 is 0 Å². The van der Waals surface area contributed by atoms with Crippen LogP contribution < -0.4 is 5.73 Å². The van der Waals surface area contributed by atoms with Gasteiger partial charge in [-0.2, -0.15) is 0 Å². The summed E-state index contributed by atoms with van der Waals surface area (Å²) in [5.74, 6) is 1.73. The van der Waals surface area contributed by atoms with E-state index in [1.54, 1.807) is 0 Å². The Morgan fingerprint density at radius 1 is 0.917 bits per heavy atom. The molecule has 1 nitrogen and oxygen atoms in total. The quantitative estimate of drug-likeness (QED) is 0.680. The molecule has 0 aliphatic carbocycles. The van der Waals surface area contributed by atoms with E-state index in [1.165, 1.54) is 19.9 Å². The third-order valence-corrected chi connectivity index (χ3v) is 0.866. The van der Waals surface area contributed by atoms with Crippen LogP contribution >= 0.6 is 0 Å². The van der Waals surface area contributed by atoms with Crippen molar-refractivity contribution in [1.82, 2.24) is 0 Å². The lowest BCUT2D eigenvalue weighted by Gasteiger charge is -1.95. The Kier molecular flexibility index (Phi) is 25.6. The molecule has 0 rings (SSSR count). The molecule has 2 N–H and O–H groups in total. The van der Waals surface area contributed by atoms with E-state index >= 15 is 0 Å². The predicted octanol–water partition coefficient (Wildman–Crippen LogP) is 3.68. The first-order valence-electron chi connectivity index (χ1n) is 5.08. The molecule has 0 spiro atoms. The van der Waals surface area contributed by atoms with Crippen LogP contribution in [0.2, 0.25) is 0 Å². The van der Waals surface area contributed by atoms with Crippen LogP contribution in [0.25, 0.3) is 0 Å². The van der Waals surface area contributed by atoms with Gasteiger partial charge < -0.3 is 5.73 Å². The minimum Gasteiger partial charge on any atom is -0.333 e. The number of hydrogen-bond acceptors (Lipinski definition) is 1. The average Bonchev–Trinajstić information content (AvgIpc) is 1.90. The summed E-state index contributed by atoms with van der Waals surface area (Å²) >= 11 is 0. The fourth-order valence-corrected chi connectivity index (χ4v) is 0.577. The van der Waals surface area contributed by atoms with E-state index in [1.807, 2.05) is 0 Å². The van der Waals surface area contributed by atoms with Crippen molar-refractivity contribution in [3.63, 3.8) is 0 Å². The van der Waals surface area contributed by atoms with Crippen LogP contribution in [0.5, 0.6) is 0 Å². The molecular formula is C11H29N. The van der Waals surface area contributed by atoms with Gasteiger partial charge in [0, 0.05) is 0 Å². The van der Waals surface area contributed by atoms with Crippen LogP contribution in [-0.2, 0) is 0 Å². The van der Waals surface area contributed by atoms with Crippen molar-refractivity contribution in [3.8, 4) is 0 Å². The highest BCUT2D eigenvalue weighted by Crippen LogP contribution is 2.00. The molecule has 0 unspecified atom stereocenters. The Hall–Kier alpha value is -0.0400. The Morgan fingerprint density at radius 2 is 1.17 bits per heavy atom. The highest BCUT2D eigenvalue weighted by atomic mass is 14.4. The molecule has 0 amide bonds. The maximum atomic E-state index is 4.50. The van der Waals surface area contributed by atoms with Crippen LogP contribution in [-0.4, -0.2) is 7.05 Å². The predicted molar refractivity (Wildman–Crippen MR) is 60.4 cm³/mol. The Bertz CT molecular complexity index is 46.2. The van der Waals surface area contributed by atoms with Crippen LogP contribution in [0.3, 0.4) is 0 Å². The van der Waals surface area contributed by atoms with Gasteiger partial charge in [-0.1, -0.05) is 54.4 Å². The van der Waals surface area contributed by atoms with E-state index in [4.69, 9.17) is 0 Å². The fourth-order valence-electron chi connectivity index (χ4n) is 0.577. The highest BCUT2D eigenvalue weighted by Gasteiger charge is 1.85. The van der Waals surface area contributed by atoms with E-state index in [-0.39, 0.29) is 0 Å². The summed E-state index contributed by atoms with van der Waals surface area (Å²) < 4.78 is 0. The number of nitrogens with two attached hydrogens (primary N) is 1. The van der Waals surface area contributed by atoms with Crippen molar-refractivity contribution in [3.05, 3.63) is 0 Å². The molecule has 0 aliphatic rings. The molecule has 0 bridgehead atoms. The van der Waals surface area contributed by atoms with E-state index < -0.39 is 0 Å². The zero-order valence-corrected chi connectivity index (χ0v) is 10.1. The second-order valence-corrected chi connectivity index (χ2v) is 3.91. The van der Waals surface area contributed by atoms with Gasteiger partial charge in [0.05, 0.1) is 0 Å². The zero-order chi connectivity index (χ0) is 10.6. The number of rotatable bonds is 2. The van der Waals surface area contributed by atoms with E-state index in [9.17, 15) is 0 Å². The average molecular weight is 175 g/mol. The molecule has 0 atom stereocenters. The van der Waals surface area contributed by atoms with E-state index in [0.29, 0.717) is 0 Å². The molecule has 0 radical (unpaired) electrons. The van der Waals surface area contributed by atoms with Gasteiger partial charge in [-0.05, 0) is 18.9 Å². The van der Waals surface area contributed by atoms with Gasteiger partial charge in [0.25, 0.3) is 0 Å². The van der Waals surface area contributed by atoms with Gasteiger partial charge in [-0.25, -0.2) is 0 Å². The zero-order valence-electron chi connectivity index (χ0n) is 10.1. The first-order chi connectivity index (χ1) is 5.50. The van der Waals surface area contributed by atoms with E-state index in [0.717, 1.165) is 11.8 Å². The van der Waals surface area contributed by atoms with Gasteiger partial charge in [0.1, 0.15) is 0 Å². The molecule has 0 aromatic heterocycles. The molecule has 0 aromatic rings. The highest BCUT2D eigenvalue weighted by molar-refractivity contribution is 4.38. The molecule has 0 aliphatic heterocycles. The lowest BCUT2D eigenvalue weighted by atomic mass is 10.1. The first kappa shape index (κ1) is 17.9. The lowest BCUT2D eigenvalue weighted by molar-refractivity contribution is 0.576. The van der Waals surface area contributed by atoms with Crippen LogP contribution in [0, 0.1) is 11.8 Å². The Morgan fingerprint density at radius 3 is 1.17 bits per heavy atom. The molecule has 78 valence electrons. The molecule has 0 aromatic carbocycles. The minimum absolute atomic E-state index is 0.833. The SMILES string of the molecule is CC(C)C.CCCC(C)C.CN. The summed E-state index contributed by atoms with van der Waals surface area (Å²) in [5.41, 5.74) is 4.50. The Balaban J connectivity index is -0.000000118. The summed E-state index contributed by atoms with van der Waals surface area (Å²) in [5, 5.41) is 0. The maximum Gasteiger partial charge on any atom is -0.0195 e. The monoisotopic (exact) mass is 175 g/mol. The third kappa shape index (κ3) is 91.3. The van der Waals surface area contributed by atoms with Crippen molar-refractivity contribution in [2.24, 2.45) is 17.6 Å². The standard InChI is InChI=1S/C6H14.C4H10.CH5N/c1-4-5-6(2)3;1-4(2)3;1-2/h6H,4-5H2,1-3H3;4H,1-3H3;2H2,1H3. The topological polar surface area (TPSA) is 26.0 Å². The second-order valence-electron chi connectivity index (χ2n) is 3.91. The summed E-state index contributed by atoms with van der Waals surface area (Å²) in [6, 6.07) is 0. The van der Waals surface area contributed by atoms with Gasteiger partial charge in [0.15, 0.2) is 0 Å². The molecule has 0 saturated heterocycles. The van der Waals surface area contributed by atoms with Crippen LogP contribution in [0.4, 0.5) is 0 Å². The smallest absolute Gasteiger partial charge is 0.0195 e. The minimum atomic E-state index is 0.833. The summed E-state index contributed by atoms with van der Waals surface area (Å²) in [7, 11) is 1.50. The number of hydrogen-bond donors (Lipinski definition) is 1. The molecule has 1 heteroatoms. The van der Waals surface area contributed by atoms with Crippen molar-refractivity contribution >= 4 is 0 Å². The summed E-state index contributed by atoms with van der Waals surface area (Å²) in [6.07, 6.45) is 2.71. The van der Waals surface area contributed by atoms with Crippen LogP contribution in [0.1, 0.15) is 54.4 Å². The normalized spacial score (nSPS) is 8.50. The molecule has 0 heterocycles. The van der Waals surface area contributed by atoms with Crippen LogP contribution in [0.15, 0.2) is 0 Å². The maximum absolute atomic E-state index is 4.50. The molecular weight excluding hydrogens is 146 g/mol. The summed E-state index contributed by atoms with van der Waals surface area (Å²) in [4.78, 5) is 0. The molecule has 0 saturated carbocycles. The summed E-state index contributed by atoms with van der Waals surface area (Å²) in [6.45, 7) is 13.2. The van der Waals surface area contributed by atoms with Crippen molar-refractivity contribution in [2.75, 3.05) is 7.05 Å². The first-order valence-corrected chi connectivity index (χ1v) is 5.08. The van der Waals surface area contributed by atoms with Gasteiger partial charge in [-0.15, -0.1) is 0 Å². The van der Waals surface area contributed by atoms with Gasteiger partial charge in [-0.3, -0.25) is 0 Å². The van der Waals surface area contributed by atoms with Gasteiger partial charge in [0.2, 0.25) is 0 Å². The Labute approximate surface area is 79.7 Å².